The first-order valence-electron chi connectivity index (χ1n) is 9.28. The summed E-state index contributed by atoms with van der Waals surface area (Å²) in [6, 6.07) is 0. The number of nitrogens with zero attached hydrogens (tertiary/aromatic N) is 4. The molecule has 0 aliphatic carbocycles. The van der Waals surface area contributed by atoms with Gasteiger partial charge in [0.05, 0.1) is 12.2 Å². The molecule has 1 unspecified atom stereocenters. The van der Waals surface area contributed by atoms with Crippen LogP contribution < -0.4 is 11.0 Å². The third-order valence-corrected chi connectivity index (χ3v) is 6.30. The average molecular weight is 431 g/mol. The minimum Gasteiger partial charge on any atom is -0.549 e. The summed E-state index contributed by atoms with van der Waals surface area (Å²) in [6.07, 6.45) is 4.68. The van der Waals surface area contributed by atoms with Gasteiger partial charge in [0.15, 0.2) is 0 Å². The molecule has 0 bridgehead atoms. The van der Waals surface area contributed by atoms with E-state index in [-0.39, 0.29) is 0 Å². The Morgan fingerprint density at radius 2 is 1.93 bits per heavy atom. The van der Waals surface area contributed by atoms with Gasteiger partial charge in [-0.3, -0.25) is 9.98 Å². The van der Waals surface area contributed by atoms with Crippen LogP contribution in [-0.2, 0) is 12.3 Å². The fraction of sp³-hybridized carbons (Fsp3) is 0.706. The van der Waals surface area contributed by atoms with Crippen molar-refractivity contribution < 1.29 is 4.55 Å². The molecule has 152 valence electrons. The Balaban J connectivity index is 1.79. The normalized spacial score (nSPS) is 13.9. The molecule has 10 heteroatoms. The van der Waals surface area contributed by atoms with Gasteiger partial charge < -0.3 is 9.45 Å². The smallest absolute Gasteiger partial charge is 0.219 e. The van der Waals surface area contributed by atoms with Crippen LogP contribution in [0.1, 0.15) is 43.3 Å². The molecule has 0 amide bonds. The van der Waals surface area contributed by atoms with Crippen LogP contribution in [0.3, 0.4) is 0 Å². The molecule has 2 rings (SSSR count). The Bertz CT molecular complexity index is 789. The molecule has 0 aromatic carbocycles. The standard InChI is InChI=1S/C17H30N6OS3/c1-4-5-6-7-8-18-16-17(22-27(24)21-16)19-9-10-25-12-14-13-26-15(20-14)11-23(2)3/h13H,4-12H2,1-3H3,(H,18,21)(H,19,22). The summed E-state index contributed by atoms with van der Waals surface area (Å²) < 4.78 is 17.3. The third-order valence-electron chi connectivity index (χ3n) is 3.69. The van der Waals surface area contributed by atoms with Crippen LogP contribution >= 0.6 is 34.2 Å². The molecule has 0 saturated carbocycles. The minimum absolute atomic E-state index is 0.617. The zero-order chi connectivity index (χ0) is 19.5. The summed E-state index contributed by atoms with van der Waals surface area (Å²) in [4.78, 5) is 15.8. The Morgan fingerprint density at radius 3 is 2.63 bits per heavy atom. The first-order valence-corrected chi connectivity index (χ1v) is 12.5. The molecule has 0 spiro atoms. The second-order valence-corrected chi connectivity index (χ2v) is 9.51. The molecule has 2 heterocycles. The summed E-state index contributed by atoms with van der Waals surface area (Å²) in [7, 11) is 4.10. The minimum atomic E-state index is -1.31. The Hall–Kier alpha value is -0.940. The quantitative estimate of drug-likeness (QED) is 0.400. The summed E-state index contributed by atoms with van der Waals surface area (Å²) in [5.74, 6) is 1.78. The van der Waals surface area contributed by atoms with Gasteiger partial charge in [-0.25, -0.2) is 4.98 Å². The maximum absolute atomic E-state index is 11.7. The van der Waals surface area contributed by atoms with E-state index in [4.69, 9.17) is 0 Å². The highest BCUT2D eigenvalue weighted by Crippen LogP contribution is 2.16. The van der Waals surface area contributed by atoms with Crippen LogP contribution in [0.2, 0.25) is 0 Å². The van der Waals surface area contributed by atoms with E-state index in [9.17, 15) is 4.55 Å². The van der Waals surface area contributed by atoms with Crippen LogP contribution in [0.4, 0.5) is 0 Å². The molecule has 1 atom stereocenters. The molecule has 0 aliphatic rings. The molecule has 2 aromatic rings. The highest BCUT2D eigenvalue weighted by atomic mass is 32.2. The van der Waals surface area contributed by atoms with Crippen molar-refractivity contribution >= 4 is 34.2 Å². The van der Waals surface area contributed by atoms with Crippen LogP contribution in [0.5, 0.6) is 0 Å². The van der Waals surface area contributed by atoms with Gasteiger partial charge in [0.25, 0.3) is 0 Å². The van der Waals surface area contributed by atoms with Gasteiger partial charge in [0.2, 0.25) is 11.0 Å². The maximum Gasteiger partial charge on any atom is 0.219 e. The Morgan fingerprint density at radius 1 is 1.19 bits per heavy atom. The number of nitrogens with one attached hydrogen (secondary N) is 2. The fourth-order valence-electron chi connectivity index (χ4n) is 2.40. The third kappa shape index (κ3) is 8.73. The number of H-pyrrole nitrogens is 2. The number of aromatic amines is 2. The van der Waals surface area contributed by atoms with Gasteiger partial charge >= 0.3 is 0 Å². The van der Waals surface area contributed by atoms with E-state index < -0.39 is 11.1 Å². The first kappa shape index (κ1) is 22.4. The second-order valence-electron chi connectivity index (χ2n) is 6.52. The van der Waals surface area contributed by atoms with E-state index in [0.717, 1.165) is 41.7 Å². The number of aromatic nitrogens is 3. The van der Waals surface area contributed by atoms with Crippen molar-refractivity contribution in [2.45, 2.75) is 44.9 Å². The van der Waals surface area contributed by atoms with E-state index in [1.165, 1.54) is 19.3 Å². The Kier molecular flexibility index (Phi) is 10.4. The summed E-state index contributed by atoms with van der Waals surface area (Å²) in [5, 5.41) is 3.28. The lowest BCUT2D eigenvalue weighted by molar-refractivity contribution is 0.401. The SMILES string of the molecule is CCCCCCN=c1[nH][s+]([O-])[nH]c1=NCCSCc1csc(CN(C)C)n1. The molecule has 2 aromatic heterocycles. The van der Waals surface area contributed by atoms with Crippen molar-refractivity contribution in [2.24, 2.45) is 9.98 Å². The lowest BCUT2D eigenvalue weighted by Gasteiger charge is -2.04. The van der Waals surface area contributed by atoms with E-state index in [1.807, 2.05) is 11.8 Å². The van der Waals surface area contributed by atoms with Crippen molar-refractivity contribution in [1.29, 1.82) is 0 Å². The predicted octanol–water partition coefficient (Wildman–Crippen LogP) is 2.90. The fourth-order valence-corrected chi connectivity index (χ4v) is 4.86. The monoisotopic (exact) mass is 430 g/mol. The molecule has 27 heavy (non-hydrogen) atoms. The van der Waals surface area contributed by atoms with E-state index >= 15 is 0 Å². The lowest BCUT2D eigenvalue weighted by atomic mass is 10.2. The molecule has 7 nitrogen and oxygen atoms in total. The van der Waals surface area contributed by atoms with Gasteiger partial charge in [-0.1, -0.05) is 26.2 Å². The van der Waals surface area contributed by atoms with Crippen molar-refractivity contribution in [2.75, 3.05) is 32.9 Å². The number of thiazole rings is 1. The molecular weight excluding hydrogens is 400 g/mol. The summed E-state index contributed by atoms with van der Waals surface area (Å²) in [5.41, 5.74) is 2.37. The zero-order valence-electron chi connectivity index (χ0n) is 16.4. The van der Waals surface area contributed by atoms with Crippen LogP contribution in [0.15, 0.2) is 15.4 Å². The van der Waals surface area contributed by atoms with Gasteiger partial charge in [0, 0.05) is 30.0 Å². The van der Waals surface area contributed by atoms with Gasteiger partial charge in [-0.2, -0.15) is 20.5 Å². The first-order chi connectivity index (χ1) is 13.1. The van der Waals surface area contributed by atoms with Crippen LogP contribution in [0, 0.1) is 0 Å². The number of unbranched alkanes of at least 4 members (excludes halogenated alkanes) is 3. The van der Waals surface area contributed by atoms with E-state index in [1.54, 1.807) is 11.3 Å². The van der Waals surface area contributed by atoms with Crippen LogP contribution in [-0.4, -0.2) is 56.1 Å². The van der Waals surface area contributed by atoms with Gasteiger partial charge in [-0.15, -0.1) is 11.3 Å². The zero-order valence-corrected chi connectivity index (χ0v) is 18.8. The van der Waals surface area contributed by atoms with Crippen LogP contribution in [0.25, 0.3) is 0 Å². The largest absolute Gasteiger partial charge is 0.549 e. The lowest BCUT2D eigenvalue weighted by Crippen LogP contribution is -2.26. The Labute approximate surface area is 172 Å². The van der Waals surface area contributed by atoms with Crippen molar-refractivity contribution in [3.05, 3.63) is 27.1 Å². The van der Waals surface area contributed by atoms with E-state index in [2.05, 4.69) is 55.0 Å². The topological polar surface area (TPSA) is 95.5 Å². The summed E-state index contributed by atoms with van der Waals surface area (Å²) in [6.45, 7) is 4.49. The molecule has 2 N–H and O–H groups in total. The van der Waals surface area contributed by atoms with E-state index in [0.29, 0.717) is 17.5 Å². The average Bonchev–Trinajstić information content (AvgIpc) is 3.20. The van der Waals surface area contributed by atoms with Gasteiger partial charge in [-0.05, 0) is 20.5 Å². The molecule has 0 saturated heterocycles. The number of thioether (sulfide) groups is 1. The van der Waals surface area contributed by atoms with Crippen molar-refractivity contribution in [1.82, 2.24) is 18.6 Å². The molecule has 0 aliphatic heterocycles. The number of hydrogen-bond donors (Lipinski definition) is 2. The van der Waals surface area contributed by atoms with Crippen molar-refractivity contribution in [3.63, 3.8) is 0 Å². The second kappa shape index (κ2) is 12.5. The number of hydrogen-bond acceptors (Lipinski definition) is 7. The maximum atomic E-state index is 11.7. The molecular formula is C17H30N6OS3. The molecule has 0 fully saturated rings. The van der Waals surface area contributed by atoms with Crippen molar-refractivity contribution in [3.8, 4) is 0 Å². The highest BCUT2D eigenvalue weighted by Gasteiger charge is 2.03. The molecule has 0 radical (unpaired) electrons. The van der Waals surface area contributed by atoms with Gasteiger partial charge in [0.1, 0.15) is 16.1 Å². The highest BCUT2D eigenvalue weighted by molar-refractivity contribution is 7.98. The number of rotatable bonds is 12. The predicted molar refractivity (Wildman–Crippen MR) is 114 cm³/mol. The summed E-state index contributed by atoms with van der Waals surface area (Å²) >= 11 is 2.21.